The molecule has 0 aliphatic carbocycles. The van der Waals surface area contributed by atoms with Gasteiger partial charge in [0.15, 0.2) is 0 Å². The van der Waals surface area contributed by atoms with Crippen molar-refractivity contribution in [3.63, 3.8) is 0 Å². The third-order valence-corrected chi connectivity index (χ3v) is 3.17. The lowest BCUT2D eigenvalue weighted by Gasteiger charge is -2.29. The molecule has 0 aromatic heterocycles. The van der Waals surface area contributed by atoms with Crippen LogP contribution in [0.4, 0.5) is 0 Å². The monoisotopic (exact) mass is 199 g/mol. The van der Waals surface area contributed by atoms with Crippen LogP contribution in [0.25, 0.3) is 0 Å². The predicted octanol–water partition coefficient (Wildman–Crippen LogP) is 2.32. The fraction of sp³-hybridized carbons (Fsp3) is 1.00. The first-order chi connectivity index (χ1) is 6.50. The molecule has 2 heteroatoms. The molecule has 2 N–H and O–H groups in total. The zero-order chi connectivity index (χ0) is 10.6. The maximum absolute atomic E-state index is 9.99. The minimum Gasteiger partial charge on any atom is -0.393 e. The number of hydrogen-bond acceptors (Lipinski definition) is 2. The Kier molecular flexibility index (Phi) is 4.39. The average molecular weight is 199 g/mol. The largest absolute Gasteiger partial charge is 0.393 e. The van der Waals surface area contributed by atoms with Gasteiger partial charge in [0.2, 0.25) is 0 Å². The Labute approximate surface area is 88.1 Å². The molecule has 0 amide bonds. The first-order valence-electron chi connectivity index (χ1n) is 5.91. The van der Waals surface area contributed by atoms with Crippen molar-refractivity contribution in [2.24, 2.45) is 5.41 Å². The topological polar surface area (TPSA) is 32.3 Å². The molecule has 2 unspecified atom stereocenters. The van der Waals surface area contributed by atoms with Crippen LogP contribution in [0.5, 0.6) is 0 Å². The second-order valence-corrected chi connectivity index (χ2v) is 5.62. The molecule has 0 radical (unpaired) electrons. The highest BCUT2D eigenvalue weighted by molar-refractivity contribution is 4.80. The van der Waals surface area contributed by atoms with Gasteiger partial charge in [0.05, 0.1) is 6.10 Å². The number of aliphatic hydroxyl groups excluding tert-OH is 1. The molecular formula is C12H25NO. The van der Waals surface area contributed by atoms with Crippen LogP contribution in [0.1, 0.15) is 52.9 Å². The fourth-order valence-electron chi connectivity index (χ4n) is 1.92. The zero-order valence-corrected chi connectivity index (χ0v) is 9.84. The van der Waals surface area contributed by atoms with E-state index in [1.54, 1.807) is 0 Å². The molecule has 1 saturated heterocycles. The lowest BCUT2D eigenvalue weighted by Crippen LogP contribution is -2.36. The SMILES string of the molecule is CC(C)(C)C(O)CC1CCCCCN1. The highest BCUT2D eigenvalue weighted by Gasteiger charge is 2.25. The highest BCUT2D eigenvalue weighted by Crippen LogP contribution is 2.24. The van der Waals surface area contributed by atoms with Crippen LogP contribution in [-0.4, -0.2) is 23.8 Å². The maximum Gasteiger partial charge on any atom is 0.0603 e. The highest BCUT2D eigenvalue weighted by atomic mass is 16.3. The van der Waals surface area contributed by atoms with Gasteiger partial charge in [-0.1, -0.05) is 33.6 Å². The van der Waals surface area contributed by atoms with E-state index in [-0.39, 0.29) is 11.5 Å². The van der Waals surface area contributed by atoms with Crippen molar-refractivity contribution in [3.05, 3.63) is 0 Å². The molecule has 1 heterocycles. The van der Waals surface area contributed by atoms with Crippen LogP contribution in [0.15, 0.2) is 0 Å². The lowest BCUT2D eigenvalue weighted by atomic mass is 9.85. The van der Waals surface area contributed by atoms with Crippen molar-refractivity contribution >= 4 is 0 Å². The van der Waals surface area contributed by atoms with Crippen LogP contribution in [-0.2, 0) is 0 Å². The molecule has 0 saturated carbocycles. The van der Waals surface area contributed by atoms with Gasteiger partial charge in [-0.05, 0) is 31.2 Å². The van der Waals surface area contributed by atoms with Crippen molar-refractivity contribution in [2.75, 3.05) is 6.54 Å². The number of hydrogen-bond donors (Lipinski definition) is 2. The van der Waals surface area contributed by atoms with E-state index in [9.17, 15) is 5.11 Å². The summed E-state index contributed by atoms with van der Waals surface area (Å²) in [6.45, 7) is 7.44. The Morgan fingerprint density at radius 1 is 1.29 bits per heavy atom. The lowest BCUT2D eigenvalue weighted by molar-refractivity contribution is 0.0459. The molecular weight excluding hydrogens is 174 g/mol. The van der Waals surface area contributed by atoms with Crippen molar-refractivity contribution in [1.29, 1.82) is 0 Å². The minimum atomic E-state index is -0.182. The molecule has 1 fully saturated rings. The number of aliphatic hydroxyl groups is 1. The summed E-state index contributed by atoms with van der Waals surface area (Å²) in [5.74, 6) is 0. The van der Waals surface area contributed by atoms with Crippen LogP contribution < -0.4 is 5.32 Å². The molecule has 1 aliphatic rings. The van der Waals surface area contributed by atoms with E-state index in [4.69, 9.17) is 0 Å². The molecule has 1 aliphatic heterocycles. The van der Waals surface area contributed by atoms with Crippen LogP contribution in [0.3, 0.4) is 0 Å². The van der Waals surface area contributed by atoms with Crippen LogP contribution in [0, 0.1) is 5.41 Å². The first-order valence-corrected chi connectivity index (χ1v) is 5.91. The van der Waals surface area contributed by atoms with Gasteiger partial charge in [0.25, 0.3) is 0 Å². The van der Waals surface area contributed by atoms with E-state index in [0.29, 0.717) is 6.04 Å². The second-order valence-electron chi connectivity index (χ2n) is 5.62. The average Bonchev–Trinajstić information content (AvgIpc) is 2.31. The maximum atomic E-state index is 9.99. The molecule has 84 valence electrons. The molecule has 2 atom stereocenters. The van der Waals surface area contributed by atoms with Crippen molar-refractivity contribution in [3.8, 4) is 0 Å². The van der Waals surface area contributed by atoms with Crippen LogP contribution in [0.2, 0.25) is 0 Å². The summed E-state index contributed by atoms with van der Waals surface area (Å²) in [4.78, 5) is 0. The van der Waals surface area contributed by atoms with Gasteiger partial charge in [-0.15, -0.1) is 0 Å². The van der Waals surface area contributed by atoms with Gasteiger partial charge < -0.3 is 10.4 Å². The molecule has 1 rings (SSSR count). The summed E-state index contributed by atoms with van der Waals surface area (Å²) < 4.78 is 0. The van der Waals surface area contributed by atoms with E-state index >= 15 is 0 Å². The summed E-state index contributed by atoms with van der Waals surface area (Å²) in [7, 11) is 0. The smallest absolute Gasteiger partial charge is 0.0603 e. The quantitative estimate of drug-likeness (QED) is 0.715. The first kappa shape index (κ1) is 12.0. The van der Waals surface area contributed by atoms with Crippen molar-refractivity contribution in [1.82, 2.24) is 5.32 Å². The molecule has 0 aromatic rings. The number of rotatable bonds is 2. The Morgan fingerprint density at radius 2 is 2.00 bits per heavy atom. The predicted molar refractivity (Wildman–Crippen MR) is 60.3 cm³/mol. The molecule has 2 nitrogen and oxygen atoms in total. The minimum absolute atomic E-state index is 0.0218. The summed E-state index contributed by atoms with van der Waals surface area (Å²) in [5, 5.41) is 13.5. The fourth-order valence-corrected chi connectivity index (χ4v) is 1.92. The van der Waals surface area contributed by atoms with Gasteiger partial charge in [0.1, 0.15) is 0 Å². The van der Waals surface area contributed by atoms with E-state index in [0.717, 1.165) is 13.0 Å². The van der Waals surface area contributed by atoms with Gasteiger partial charge in [-0.25, -0.2) is 0 Å². The molecule has 0 spiro atoms. The van der Waals surface area contributed by atoms with E-state index in [1.165, 1.54) is 25.7 Å². The summed E-state index contributed by atoms with van der Waals surface area (Å²) in [5.41, 5.74) is 0.0218. The second kappa shape index (κ2) is 5.13. The van der Waals surface area contributed by atoms with Crippen molar-refractivity contribution < 1.29 is 5.11 Å². The third-order valence-electron chi connectivity index (χ3n) is 3.17. The van der Waals surface area contributed by atoms with Gasteiger partial charge in [-0.3, -0.25) is 0 Å². The van der Waals surface area contributed by atoms with E-state index in [2.05, 4.69) is 26.1 Å². The summed E-state index contributed by atoms with van der Waals surface area (Å²) >= 11 is 0. The van der Waals surface area contributed by atoms with E-state index in [1.807, 2.05) is 0 Å². The molecule has 14 heavy (non-hydrogen) atoms. The van der Waals surface area contributed by atoms with E-state index < -0.39 is 0 Å². The number of nitrogens with one attached hydrogen (secondary N) is 1. The van der Waals surface area contributed by atoms with Gasteiger partial charge in [0, 0.05) is 6.04 Å². The summed E-state index contributed by atoms with van der Waals surface area (Å²) in [6.07, 6.45) is 5.90. The Balaban J connectivity index is 2.34. The third kappa shape index (κ3) is 3.97. The molecule has 0 aromatic carbocycles. The Hall–Kier alpha value is -0.0800. The Morgan fingerprint density at radius 3 is 2.64 bits per heavy atom. The van der Waals surface area contributed by atoms with Gasteiger partial charge in [-0.2, -0.15) is 0 Å². The van der Waals surface area contributed by atoms with Crippen molar-refractivity contribution in [2.45, 2.75) is 65.0 Å². The standard InChI is InChI=1S/C12H25NO/c1-12(2,3)11(14)9-10-7-5-4-6-8-13-10/h10-11,13-14H,4-9H2,1-3H3. The Bertz CT molecular complexity index is 154. The molecule has 0 bridgehead atoms. The summed E-state index contributed by atoms with van der Waals surface area (Å²) in [6, 6.07) is 0.534. The normalized spacial score (nSPS) is 27.0. The van der Waals surface area contributed by atoms with Crippen LogP contribution >= 0.6 is 0 Å². The zero-order valence-electron chi connectivity index (χ0n) is 9.84. The van der Waals surface area contributed by atoms with Gasteiger partial charge >= 0.3 is 0 Å².